The molecule has 0 bridgehead atoms. The Kier molecular flexibility index (Phi) is 3.85. The van der Waals surface area contributed by atoms with Crippen molar-refractivity contribution in [3.8, 4) is 17.0 Å². The molecule has 0 saturated heterocycles. The fraction of sp³-hybridized carbons (Fsp3) is 0.231. The predicted octanol–water partition coefficient (Wildman–Crippen LogP) is 1.74. The second kappa shape index (κ2) is 5.28. The number of aliphatic hydroxyl groups excluding tert-OH is 1. The van der Waals surface area contributed by atoms with Crippen LogP contribution < -0.4 is 4.74 Å². The summed E-state index contributed by atoms with van der Waals surface area (Å²) in [6.07, 6.45) is 0. The molecule has 7 heteroatoms. The number of hydrogen-bond donors (Lipinski definition) is 3. The number of aromatic amines is 1. The third-order valence-electron chi connectivity index (χ3n) is 3.02. The first-order valence-corrected chi connectivity index (χ1v) is 7.26. The van der Waals surface area contributed by atoms with Gasteiger partial charge in [-0.15, -0.1) is 0 Å². The summed E-state index contributed by atoms with van der Waals surface area (Å²) in [6.45, 7) is 1.02. The fourth-order valence-electron chi connectivity index (χ4n) is 2.16. The van der Waals surface area contributed by atoms with Crippen LogP contribution in [0.4, 0.5) is 0 Å². The van der Waals surface area contributed by atoms with Crippen molar-refractivity contribution in [2.75, 3.05) is 7.11 Å². The average Bonchev–Trinajstić information content (AvgIpc) is 2.75. The number of nitrogens with one attached hydrogen (secondary N) is 1. The summed E-state index contributed by atoms with van der Waals surface area (Å²) in [5.41, 5.74) is 1.57. The number of aromatic nitrogens is 1. The van der Waals surface area contributed by atoms with Gasteiger partial charge in [0.2, 0.25) is 0 Å². The standard InChI is InChI=1S/C13H15NO5S/c1-8-13(20(16,17)18)11(7-15)12(14-8)9-3-5-10(19-2)6-4-9/h3-6,14-15H,7H2,1-2H3,(H,16,17,18). The summed E-state index contributed by atoms with van der Waals surface area (Å²) in [5, 5.41) is 9.42. The van der Waals surface area contributed by atoms with E-state index in [-0.39, 0.29) is 16.2 Å². The Balaban J connectivity index is 2.63. The molecular weight excluding hydrogens is 282 g/mol. The summed E-state index contributed by atoms with van der Waals surface area (Å²) in [5.74, 6) is 0.664. The Morgan fingerprint density at radius 1 is 1.25 bits per heavy atom. The van der Waals surface area contributed by atoms with Crippen LogP contribution in [-0.4, -0.2) is 30.2 Å². The van der Waals surface area contributed by atoms with E-state index in [9.17, 15) is 18.1 Å². The molecule has 6 nitrogen and oxygen atoms in total. The molecule has 1 aromatic carbocycles. The maximum atomic E-state index is 11.4. The molecule has 108 valence electrons. The molecule has 0 fully saturated rings. The van der Waals surface area contributed by atoms with Gasteiger partial charge < -0.3 is 14.8 Å². The van der Waals surface area contributed by atoms with Crippen molar-refractivity contribution in [1.29, 1.82) is 0 Å². The van der Waals surface area contributed by atoms with Gasteiger partial charge in [0.25, 0.3) is 10.1 Å². The number of methoxy groups -OCH3 is 1. The van der Waals surface area contributed by atoms with Crippen molar-refractivity contribution in [1.82, 2.24) is 4.98 Å². The minimum Gasteiger partial charge on any atom is -0.497 e. The van der Waals surface area contributed by atoms with E-state index in [0.29, 0.717) is 17.0 Å². The monoisotopic (exact) mass is 297 g/mol. The van der Waals surface area contributed by atoms with E-state index in [1.165, 1.54) is 6.92 Å². The van der Waals surface area contributed by atoms with Gasteiger partial charge in [-0.1, -0.05) is 0 Å². The molecule has 0 spiro atoms. The number of aryl methyl sites for hydroxylation is 1. The molecule has 0 aliphatic heterocycles. The lowest BCUT2D eigenvalue weighted by molar-refractivity contribution is 0.279. The lowest BCUT2D eigenvalue weighted by Crippen LogP contribution is -2.02. The molecular formula is C13H15NO5S. The zero-order valence-electron chi connectivity index (χ0n) is 11.0. The van der Waals surface area contributed by atoms with Crippen LogP contribution in [0.2, 0.25) is 0 Å². The van der Waals surface area contributed by atoms with E-state index in [1.807, 2.05) is 0 Å². The first-order chi connectivity index (χ1) is 9.38. The van der Waals surface area contributed by atoms with Crippen LogP contribution in [0, 0.1) is 6.92 Å². The minimum absolute atomic E-state index is 0.148. The van der Waals surface area contributed by atoms with Crippen LogP contribution >= 0.6 is 0 Å². The molecule has 2 aromatic rings. The Morgan fingerprint density at radius 3 is 2.30 bits per heavy atom. The molecule has 3 N–H and O–H groups in total. The molecule has 1 aromatic heterocycles. The molecule has 0 aliphatic carbocycles. The predicted molar refractivity (Wildman–Crippen MR) is 73.3 cm³/mol. The van der Waals surface area contributed by atoms with Gasteiger partial charge >= 0.3 is 0 Å². The lowest BCUT2D eigenvalue weighted by Gasteiger charge is -2.05. The largest absolute Gasteiger partial charge is 0.497 e. The van der Waals surface area contributed by atoms with E-state index < -0.39 is 16.7 Å². The third-order valence-corrected chi connectivity index (χ3v) is 4.09. The molecule has 0 aliphatic rings. The second-order valence-corrected chi connectivity index (χ2v) is 5.65. The molecule has 0 saturated carbocycles. The molecule has 20 heavy (non-hydrogen) atoms. The topological polar surface area (TPSA) is 99.6 Å². The van der Waals surface area contributed by atoms with Gasteiger partial charge in [0, 0.05) is 11.3 Å². The fourth-order valence-corrected chi connectivity index (χ4v) is 3.08. The van der Waals surface area contributed by atoms with Crippen molar-refractivity contribution in [2.45, 2.75) is 18.4 Å². The highest BCUT2D eigenvalue weighted by Gasteiger charge is 2.24. The van der Waals surface area contributed by atoms with E-state index in [4.69, 9.17) is 4.74 Å². The first kappa shape index (κ1) is 14.6. The number of rotatable bonds is 4. The van der Waals surface area contributed by atoms with Gasteiger partial charge in [-0.05, 0) is 36.8 Å². The molecule has 0 unspecified atom stereocenters. The summed E-state index contributed by atoms with van der Waals surface area (Å²) in [7, 11) is -2.85. The molecule has 2 rings (SSSR count). The first-order valence-electron chi connectivity index (χ1n) is 5.82. The van der Waals surface area contributed by atoms with E-state index >= 15 is 0 Å². The molecule has 0 atom stereocenters. The van der Waals surface area contributed by atoms with Crippen LogP contribution in [0.5, 0.6) is 5.75 Å². The summed E-state index contributed by atoms with van der Waals surface area (Å²) >= 11 is 0. The van der Waals surface area contributed by atoms with Crippen LogP contribution in [0.3, 0.4) is 0 Å². The summed E-state index contributed by atoms with van der Waals surface area (Å²) in [6, 6.07) is 6.91. The van der Waals surface area contributed by atoms with Gasteiger partial charge in [-0.2, -0.15) is 8.42 Å². The number of H-pyrrole nitrogens is 1. The highest BCUT2D eigenvalue weighted by atomic mass is 32.2. The van der Waals surface area contributed by atoms with Crippen LogP contribution in [-0.2, 0) is 16.7 Å². The number of ether oxygens (including phenoxy) is 1. The van der Waals surface area contributed by atoms with Crippen molar-refractivity contribution in [3.05, 3.63) is 35.5 Å². The van der Waals surface area contributed by atoms with E-state index in [1.54, 1.807) is 31.4 Å². The van der Waals surface area contributed by atoms with Crippen molar-refractivity contribution < 1.29 is 22.8 Å². The van der Waals surface area contributed by atoms with E-state index in [0.717, 1.165) is 0 Å². The van der Waals surface area contributed by atoms with Crippen molar-refractivity contribution in [3.63, 3.8) is 0 Å². The Bertz CT molecular complexity index is 716. The quantitative estimate of drug-likeness (QED) is 0.746. The molecule has 0 amide bonds. The second-order valence-electron chi connectivity index (χ2n) is 4.29. The number of hydrogen-bond acceptors (Lipinski definition) is 4. The highest BCUT2D eigenvalue weighted by Crippen LogP contribution is 2.31. The van der Waals surface area contributed by atoms with Gasteiger partial charge in [-0.3, -0.25) is 4.55 Å². The smallest absolute Gasteiger partial charge is 0.296 e. The Morgan fingerprint density at radius 2 is 1.85 bits per heavy atom. The SMILES string of the molecule is COc1ccc(-c2[nH]c(C)c(S(=O)(=O)O)c2CO)cc1. The normalized spacial score (nSPS) is 11.6. The molecule has 1 heterocycles. The summed E-state index contributed by atoms with van der Waals surface area (Å²) in [4.78, 5) is 2.61. The Hall–Kier alpha value is -1.83. The van der Waals surface area contributed by atoms with Gasteiger partial charge in [0.1, 0.15) is 10.6 Å². The zero-order valence-corrected chi connectivity index (χ0v) is 11.9. The Labute approximate surface area is 116 Å². The zero-order chi connectivity index (χ0) is 14.9. The van der Waals surface area contributed by atoms with Crippen molar-refractivity contribution >= 4 is 10.1 Å². The maximum Gasteiger partial charge on any atom is 0.296 e. The highest BCUT2D eigenvalue weighted by molar-refractivity contribution is 7.86. The summed E-state index contributed by atoms with van der Waals surface area (Å²) < 4.78 is 37.1. The molecule has 0 radical (unpaired) electrons. The average molecular weight is 297 g/mol. The van der Waals surface area contributed by atoms with Crippen LogP contribution in [0.15, 0.2) is 29.2 Å². The van der Waals surface area contributed by atoms with Gasteiger partial charge in [-0.25, -0.2) is 0 Å². The number of aliphatic hydroxyl groups is 1. The number of benzene rings is 1. The van der Waals surface area contributed by atoms with E-state index in [2.05, 4.69) is 4.98 Å². The third kappa shape index (κ3) is 2.55. The van der Waals surface area contributed by atoms with Gasteiger partial charge in [0.05, 0.1) is 19.4 Å². The van der Waals surface area contributed by atoms with Gasteiger partial charge in [0.15, 0.2) is 0 Å². The van der Waals surface area contributed by atoms with Crippen LogP contribution in [0.1, 0.15) is 11.3 Å². The van der Waals surface area contributed by atoms with Crippen LogP contribution in [0.25, 0.3) is 11.3 Å². The lowest BCUT2D eigenvalue weighted by atomic mass is 10.1. The minimum atomic E-state index is -4.39. The van der Waals surface area contributed by atoms with Crippen molar-refractivity contribution in [2.24, 2.45) is 0 Å². The maximum absolute atomic E-state index is 11.4.